The van der Waals surface area contributed by atoms with Gasteiger partial charge in [-0.15, -0.1) is 0 Å². The van der Waals surface area contributed by atoms with Crippen molar-refractivity contribution in [3.8, 4) is 0 Å². The minimum Gasteiger partial charge on any atom is -0.328 e. The molecule has 18 heavy (non-hydrogen) atoms. The van der Waals surface area contributed by atoms with Crippen molar-refractivity contribution in [3.63, 3.8) is 0 Å². The largest absolute Gasteiger partial charge is 0.328 e. The molecule has 0 radical (unpaired) electrons. The van der Waals surface area contributed by atoms with Gasteiger partial charge in [-0.2, -0.15) is 0 Å². The van der Waals surface area contributed by atoms with Crippen LogP contribution >= 0.6 is 0 Å². The molecule has 2 aliphatic rings. The SMILES string of the molecule is CC(N)C1CCN(C2CCCCC2C(C)(C)C)C1. The molecule has 0 aromatic carbocycles. The van der Waals surface area contributed by atoms with E-state index in [-0.39, 0.29) is 0 Å². The molecular formula is C16H32N2. The summed E-state index contributed by atoms with van der Waals surface area (Å²) >= 11 is 0. The summed E-state index contributed by atoms with van der Waals surface area (Å²) < 4.78 is 0. The molecule has 4 atom stereocenters. The number of likely N-dealkylation sites (tertiary alicyclic amines) is 1. The molecule has 0 aromatic rings. The van der Waals surface area contributed by atoms with Crippen molar-refractivity contribution in [2.24, 2.45) is 23.0 Å². The predicted octanol–water partition coefficient (Wildman–Crippen LogP) is 3.26. The van der Waals surface area contributed by atoms with E-state index in [2.05, 4.69) is 32.6 Å². The van der Waals surface area contributed by atoms with Gasteiger partial charge in [-0.05, 0) is 50.0 Å². The summed E-state index contributed by atoms with van der Waals surface area (Å²) in [6.07, 6.45) is 7.01. The van der Waals surface area contributed by atoms with Crippen LogP contribution in [0.5, 0.6) is 0 Å². The van der Waals surface area contributed by atoms with Gasteiger partial charge in [0.15, 0.2) is 0 Å². The van der Waals surface area contributed by atoms with Gasteiger partial charge in [-0.1, -0.05) is 33.6 Å². The Morgan fingerprint density at radius 1 is 1.11 bits per heavy atom. The zero-order chi connectivity index (χ0) is 13.3. The lowest BCUT2D eigenvalue weighted by Gasteiger charge is -2.45. The van der Waals surface area contributed by atoms with Gasteiger partial charge in [0, 0.05) is 18.6 Å². The zero-order valence-electron chi connectivity index (χ0n) is 12.8. The highest BCUT2D eigenvalue weighted by molar-refractivity contribution is 4.93. The lowest BCUT2D eigenvalue weighted by molar-refractivity contribution is 0.0530. The Morgan fingerprint density at radius 2 is 1.78 bits per heavy atom. The molecule has 0 bridgehead atoms. The van der Waals surface area contributed by atoms with E-state index < -0.39 is 0 Å². The molecule has 1 aliphatic heterocycles. The highest BCUT2D eigenvalue weighted by atomic mass is 15.2. The molecule has 1 saturated carbocycles. The Balaban J connectivity index is 2.02. The Morgan fingerprint density at radius 3 is 2.33 bits per heavy atom. The van der Waals surface area contributed by atoms with Crippen LogP contribution in [0.15, 0.2) is 0 Å². The average molecular weight is 252 g/mol. The van der Waals surface area contributed by atoms with Gasteiger partial charge in [0.2, 0.25) is 0 Å². The van der Waals surface area contributed by atoms with Crippen LogP contribution in [0.4, 0.5) is 0 Å². The summed E-state index contributed by atoms with van der Waals surface area (Å²) in [7, 11) is 0. The minimum absolute atomic E-state index is 0.367. The summed E-state index contributed by atoms with van der Waals surface area (Å²) in [6, 6.07) is 1.19. The van der Waals surface area contributed by atoms with Crippen molar-refractivity contribution in [1.82, 2.24) is 4.90 Å². The molecule has 0 amide bonds. The summed E-state index contributed by atoms with van der Waals surface area (Å²) in [5.74, 6) is 1.60. The van der Waals surface area contributed by atoms with E-state index in [9.17, 15) is 0 Å². The molecule has 4 unspecified atom stereocenters. The normalized spacial score (nSPS) is 36.8. The molecule has 2 fully saturated rings. The fraction of sp³-hybridized carbons (Fsp3) is 1.00. The van der Waals surface area contributed by atoms with Crippen molar-refractivity contribution in [1.29, 1.82) is 0 Å². The standard InChI is InChI=1S/C16H32N2/c1-12(17)13-9-10-18(11-13)15-8-6-5-7-14(15)16(2,3)4/h12-15H,5-11,17H2,1-4H3. The maximum Gasteiger partial charge on any atom is 0.0129 e. The topological polar surface area (TPSA) is 29.3 Å². The van der Waals surface area contributed by atoms with Gasteiger partial charge >= 0.3 is 0 Å². The van der Waals surface area contributed by atoms with E-state index in [1.54, 1.807) is 0 Å². The molecule has 1 aliphatic carbocycles. The van der Waals surface area contributed by atoms with Crippen LogP contribution in [0.1, 0.15) is 59.8 Å². The maximum absolute atomic E-state index is 6.08. The third-order valence-electron chi connectivity index (χ3n) is 5.31. The summed E-state index contributed by atoms with van der Waals surface area (Å²) in [4.78, 5) is 2.77. The van der Waals surface area contributed by atoms with Crippen molar-refractivity contribution < 1.29 is 0 Å². The highest BCUT2D eigenvalue weighted by Crippen LogP contribution is 2.41. The van der Waals surface area contributed by atoms with E-state index >= 15 is 0 Å². The number of rotatable bonds is 2. The molecule has 2 heteroatoms. The fourth-order valence-electron chi connectivity index (χ4n) is 4.10. The quantitative estimate of drug-likeness (QED) is 0.817. The molecule has 1 saturated heterocycles. The molecule has 1 heterocycles. The van der Waals surface area contributed by atoms with Crippen LogP contribution in [-0.2, 0) is 0 Å². The number of hydrogen-bond acceptors (Lipinski definition) is 2. The Kier molecular flexibility index (Phi) is 4.38. The first-order valence-corrected chi connectivity index (χ1v) is 7.89. The van der Waals surface area contributed by atoms with E-state index in [1.165, 1.54) is 45.2 Å². The zero-order valence-corrected chi connectivity index (χ0v) is 12.8. The van der Waals surface area contributed by atoms with Crippen molar-refractivity contribution in [2.75, 3.05) is 13.1 Å². The lowest BCUT2D eigenvalue weighted by atomic mass is 9.69. The maximum atomic E-state index is 6.08. The average Bonchev–Trinajstić information content (AvgIpc) is 2.77. The third-order valence-corrected chi connectivity index (χ3v) is 5.31. The van der Waals surface area contributed by atoms with Crippen LogP contribution in [0, 0.1) is 17.3 Å². The van der Waals surface area contributed by atoms with Crippen molar-refractivity contribution in [2.45, 2.75) is 71.9 Å². The monoisotopic (exact) mass is 252 g/mol. The van der Waals surface area contributed by atoms with Gasteiger partial charge in [-0.25, -0.2) is 0 Å². The second-order valence-electron chi connectivity index (χ2n) is 7.73. The summed E-state index contributed by atoms with van der Waals surface area (Å²) in [6.45, 7) is 12.0. The van der Waals surface area contributed by atoms with Crippen LogP contribution in [0.3, 0.4) is 0 Å². The molecule has 2 rings (SSSR count). The molecule has 2 nitrogen and oxygen atoms in total. The van der Waals surface area contributed by atoms with Crippen LogP contribution in [0.25, 0.3) is 0 Å². The summed E-state index contributed by atoms with van der Waals surface area (Å²) in [5.41, 5.74) is 6.54. The number of nitrogens with zero attached hydrogens (tertiary/aromatic N) is 1. The number of nitrogens with two attached hydrogens (primary N) is 1. The third kappa shape index (κ3) is 3.08. The molecule has 2 N–H and O–H groups in total. The summed E-state index contributed by atoms with van der Waals surface area (Å²) in [5, 5.41) is 0. The minimum atomic E-state index is 0.367. The van der Waals surface area contributed by atoms with Crippen LogP contribution < -0.4 is 5.73 Å². The molecule has 0 aromatic heterocycles. The second-order valence-corrected chi connectivity index (χ2v) is 7.73. The molecule has 0 spiro atoms. The van der Waals surface area contributed by atoms with E-state index in [0.717, 1.165) is 17.9 Å². The van der Waals surface area contributed by atoms with Gasteiger partial charge < -0.3 is 5.73 Å². The first-order valence-electron chi connectivity index (χ1n) is 7.89. The van der Waals surface area contributed by atoms with Crippen LogP contribution in [0.2, 0.25) is 0 Å². The van der Waals surface area contributed by atoms with Gasteiger partial charge in [0.05, 0.1) is 0 Å². The predicted molar refractivity (Wildman–Crippen MR) is 78.5 cm³/mol. The van der Waals surface area contributed by atoms with Crippen molar-refractivity contribution >= 4 is 0 Å². The van der Waals surface area contributed by atoms with E-state index in [4.69, 9.17) is 5.73 Å². The first-order chi connectivity index (χ1) is 8.39. The lowest BCUT2D eigenvalue weighted by Crippen LogP contribution is -2.46. The first kappa shape index (κ1) is 14.3. The number of hydrogen-bond donors (Lipinski definition) is 1. The van der Waals surface area contributed by atoms with E-state index in [0.29, 0.717) is 11.5 Å². The molecule has 106 valence electrons. The van der Waals surface area contributed by atoms with Gasteiger partial charge in [0.1, 0.15) is 0 Å². The highest BCUT2D eigenvalue weighted by Gasteiger charge is 2.39. The second kappa shape index (κ2) is 5.50. The van der Waals surface area contributed by atoms with E-state index in [1.807, 2.05) is 0 Å². The van der Waals surface area contributed by atoms with Gasteiger partial charge in [-0.3, -0.25) is 4.90 Å². The smallest absolute Gasteiger partial charge is 0.0129 e. The van der Waals surface area contributed by atoms with Crippen LogP contribution in [-0.4, -0.2) is 30.1 Å². The Hall–Kier alpha value is -0.0800. The Labute approximate surface area is 113 Å². The fourth-order valence-corrected chi connectivity index (χ4v) is 4.10. The molecular weight excluding hydrogens is 220 g/mol. The Bertz CT molecular complexity index is 267. The van der Waals surface area contributed by atoms with Gasteiger partial charge in [0.25, 0.3) is 0 Å². The van der Waals surface area contributed by atoms with Crippen molar-refractivity contribution in [3.05, 3.63) is 0 Å².